The Kier molecular flexibility index (Phi) is 9.17. The lowest BCUT2D eigenvalue weighted by atomic mass is 9.96. The van der Waals surface area contributed by atoms with Crippen LogP contribution < -0.4 is 10.1 Å². The molecule has 0 saturated carbocycles. The highest BCUT2D eigenvalue weighted by molar-refractivity contribution is 9.10. The number of nitrogens with zero attached hydrogens (tertiary/aromatic N) is 2. The summed E-state index contributed by atoms with van der Waals surface area (Å²) in [6.07, 6.45) is 0.0216. The molecule has 1 saturated heterocycles. The van der Waals surface area contributed by atoms with E-state index < -0.39 is 0 Å². The molecule has 0 aromatic heterocycles. The third kappa shape index (κ3) is 6.87. The lowest BCUT2D eigenvalue weighted by Crippen LogP contribution is -2.50. The Hall–Kier alpha value is -3.94. The van der Waals surface area contributed by atoms with Crippen LogP contribution in [0.1, 0.15) is 51.7 Å². The molecular weight excluding hydrogens is 578 g/mol. The second kappa shape index (κ2) is 13.1. The van der Waals surface area contributed by atoms with Gasteiger partial charge in [0.2, 0.25) is 0 Å². The minimum atomic E-state index is -0.291. The van der Waals surface area contributed by atoms with E-state index in [2.05, 4.69) is 74.7 Å². The summed E-state index contributed by atoms with van der Waals surface area (Å²) in [5.41, 5.74) is 3.92. The van der Waals surface area contributed by atoms with Crippen molar-refractivity contribution in [2.24, 2.45) is 0 Å². The van der Waals surface area contributed by atoms with Crippen molar-refractivity contribution < 1.29 is 14.3 Å². The van der Waals surface area contributed by atoms with Crippen molar-refractivity contribution in [3.63, 3.8) is 0 Å². The fourth-order valence-corrected chi connectivity index (χ4v) is 5.68. The number of benzene rings is 4. The van der Waals surface area contributed by atoms with E-state index in [9.17, 15) is 9.59 Å². The molecule has 6 nitrogen and oxygen atoms in total. The first-order chi connectivity index (χ1) is 19.9. The van der Waals surface area contributed by atoms with Crippen LogP contribution >= 0.6 is 15.9 Å². The van der Waals surface area contributed by atoms with Crippen LogP contribution in [-0.4, -0.2) is 53.9 Å². The van der Waals surface area contributed by atoms with Crippen LogP contribution in [0.25, 0.3) is 0 Å². The Morgan fingerprint density at radius 1 is 0.780 bits per heavy atom. The number of piperazine rings is 1. The van der Waals surface area contributed by atoms with Gasteiger partial charge in [0.15, 0.2) is 0 Å². The number of amides is 2. The van der Waals surface area contributed by atoms with Crippen molar-refractivity contribution >= 4 is 33.4 Å². The summed E-state index contributed by atoms with van der Waals surface area (Å²) < 4.78 is 6.46. The van der Waals surface area contributed by atoms with Crippen LogP contribution in [0.15, 0.2) is 108 Å². The van der Waals surface area contributed by atoms with E-state index in [0.29, 0.717) is 40.1 Å². The molecule has 5 rings (SSSR count). The number of carbonyl (C=O) groups excluding carboxylic acids is 2. The largest absolute Gasteiger partial charge is 0.490 e. The fraction of sp³-hybridized carbons (Fsp3) is 0.235. The lowest BCUT2D eigenvalue weighted by molar-refractivity contribution is 0.0598. The molecule has 4 aromatic rings. The summed E-state index contributed by atoms with van der Waals surface area (Å²) in [6, 6.07) is 33.6. The minimum absolute atomic E-state index is 0.0216. The maximum Gasteiger partial charge on any atom is 0.256 e. The third-order valence-corrected chi connectivity index (χ3v) is 7.78. The Balaban J connectivity index is 1.28. The van der Waals surface area contributed by atoms with Gasteiger partial charge in [-0.3, -0.25) is 14.5 Å². The Labute approximate surface area is 250 Å². The van der Waals surface area contributed by atoms with E-state index in [-0.39, 0.29) is 24.0 Å². The summed E-state index contributed by atoms with van der Waals surface area (Å²) in [5, 5.41) is 2.95. The predicted molar refractivity (Wildman–Crippen MR) is 167 cm³/mol. The van der Waals surface area contributed by atoms with Crippen molar-refractivity contribution in [1.82, 2.24) is 9.80 Å². The molecule has 7 heteroatoms. The third-order valence-electron chi connectivity index (χ3n) is 7.16. The Morgan fingerprint density at radius 2 is 1.37 bits per heavy atom. The van der Waals surface area contributed by atoms with Crippen molar-refractivity contribution in [1.29, 1.82) is 0 Å². The van der Waals surface area contributed by atoms with Crippen LogP contribution in [0.2, 0.25) is 0 Å². The molecule has 1 heterocycles. The topological polar surface area (TPSA) is 61.9 Å². The van der Waals surface area contributed by atoms with Gasteiger partial charge in [-0.15, -0.1) is 0 Å². The molecule has 1 aliphatic heterocycles. The van der Waals surface area contributed by atoms with Crippen LogP contribution in [0, 0.1) is 0 Å². The van der Waals surface area contributed by atoms with Crippen LogP contribution in [0.3, 0.4) is 0 Å². The van der Waals surface area contributed by atoms with Gasteiger partial charge in [-0.2, -0.15) is 0 Å². The lowest BCUT2D eigenvalue weighted by Gasteiger charge is -2.40. The number of rotatable bonds is 8. The standard InChI is InChI=1S/C34H34BrN3O3/c1-24(2)41-31-18-17-27(23-29(31)35)33(39)36-30-16-10-9-15-28(30)34(40)38-21-19-37(20-22-38)32(25-11-5-3-6-12-25)26-13-7-4-8-14-26/h3-18,23-24,32H,19-22H2,1-2H3,(H,36,39). The summed E-state index contributed by atoms with van der Waals surface area (Å²) in [6.45, 7) is 6.59. The highest BCUT2D eigenvalue weighted by atomic mass is 79.9. The molecule has 0 radical (unpaired) electrons. The van der Waals surface area contributed by atoms with Gasteiger partial charge in [0, 0.05) is 31.7 Å². The van der Waals surface area contributed by atoms with Crippen LogP contribution in [0.4, 0.5) is 5.69 Å². The van der Waals surface area contributed by atoms with Crippen molar-refractivity contribution in [2.45, 2.75) is 26.0 Å². The van der Waals surface area contributed by atoms with Gasteiger partial charge in [0.05, 0.1) is 27.9 Å². The van der Waals surface area contributed by atoms with Gasteiger partial charge < -0.3 is 15.0 Å². The predicted octanol–water partition coefficient (Wildman–Crippen LogP) is 7.04. The van der Waals surface area contributed by atoms with E-state index in [1.165, 1.54) is 11.1 Å². The smallest absolute Gasteiger partial charge is 0.256 e. The molecular formula is C34H34BrN3O3. The first-order valence-corrected chi connectivity index (χ1v) is 14.7. The molecule has 1 N–H and O–H groups in total. The number of nitrogens with one attached hydrogen (secondary N) is 1. The second-order valence-electron chi connectivity index (χ2n) is 10.4. The first-order valence-electron chi connectivity index (χ1n) is 13.9. The van der Waals surface area contributed by atoms with Gasteiger partial charge in [-0.05, 0) is 71.2 Å². The number of anilines is 1. The second-order valence-corrected chi connectivity index (χ2v) is 11.2. The summed E-state index contributed by atoms with van der Waals surface area (Å²) in [7, 11) is 0. The number of hydrogen-bond donors (Lipinski definition) is 1. The van der Waals surface area contributed by atoms with E-state index in [1.54, 1.807) is 30.3 Å². The molecule has 210 valence electrons. The van der Waals surface area contributed by atoms with E-state index in [4.69, 9.17) is 4.74 Å². The summed E-state index contributed by atoms with van der Waals surface area (Å²) in [5.74, 6) is 0.298. The van der Waals surface area contributed by atoms with Gasteiger partial charge in [-0.25, -0.2) is 0 Å². The molecule has 4 aromatic carbocycles. The van der Waals surface area contributed by atoms with Gasteiger partial charge >= 0.3 is 0 Å². The zero-order valence-corrected chi connectivity index (χ0v) is 24.9. The van der Waals surface area contributed by atoms with E-state index in [1.807, 2.05) is 43.0 Å². The zero-order valence-electron chi connectivity index (χ0n) is 23.3. The molecule has 1 fully saturated rings. The normalized spacial score (nSPS) is 13.8. The molecule has 2 amide bonds. The zero-order chi connectivity index (χ0) is 28.8. The highest BCUT2D eigenvalue weighted by Gasteiger charge is 2.29. The minimum Gasteiger partial charge on any atom is -0.490 e. The number of ether oxygens (including phenoxy) is 1. The number of halogens is 1. The Morgan fingerprint density at radius 3 is 1.95 bits per heavy atom. The summed E-state index contributed by atoms with van der Waals surface area (Å²) in [4.78, 5) is 31.1. The van der Waals surface area contributed by atoms with E-state index in [0.717, 1.165) is 13.1 Å². The molecule has 0 spiro atoms. The SMILES string of the molecule is CC(C)Oc1ccc(C(=O)Nc2ccccc2C(=O)N2CCN(C(c3ccccc3)c3ccccc3)CC2)cc1Br. The maximum atomic E-state index is 13.7. The maximum absolute atomic E-state index is 13.7. The molecule has 0 unspecified atom stereocenters. The van der Waals surface area contributed by atoms with Gasteiger partial charge in [0.1, 0.15) is 5.75 Å². The summed E-state index contributed by atoms with van der Waals surface area (Å²) >= 11 is 3.49. The average molecular weight is 613 g/mol. The van der Waals surface area contributed by atoms with Crippen LogP contribution in [0.5, 0.6) is 5.75 Å². The van der Waals surface area contributed by atoms with Crippen molar-refractivity contribution in [2.75, 3.05) is 31.5 Å². The molecule has 0 atom stereocenters. The average Bonchev–Trinajstić information content (AvgIpc) is 2.99. The molecule has 41 heavy (non-hydrogen) atoms. The van der Waals surface area contributed by atoms with Crippen molar-refractivity contribution in [3.8, 4) is 5.75 Å². The quantitative estimate of drug-likeness (QED) is 0.232. The highest BCUT2D eigenvalue weighted by Crippen LogP contribution is 2.31. The fourth-order valence-electron chi connectivity index (χ4n) is 5.20. The number of para-hydroxylation sites is 1. The van der Waals surface area contributed by atoms with Gasteiger partial charge in [-0.1, -0.05) is 72.8 Å². The van der Waals surface area contributed by atoms with Crippen molar-refractivity contribution in [3.05, 3.63) is 130 Å². The van der Waals surface area contributed by atoms with Gasteiger partial charge in [0.25, 0.3) is 11.8 Å². The molecule has 0 aliphatic carbocycles. The number of hydrogen-bond acceptors (Lipinski definition) is 4. The van der Waals surface area contributed by atoms with Crippen LogP contribution in [-0.2, 0) is 0 Å². The molecule has 1 aliphatic rings. The van der Waals surface area contributed by atoms with E-state index >= 15 is 0 Å². The first kappa shape index (κ1) is 28.6. The Bertz CT molecular complexity index is 1450. The monoisotopic (exact) mass is 611 g/mol. The number of carbonyl (C=O) groups is 2. The molecule has 0 bridgehead atoms.